The lowest BCUT2D eigenvalue weighted by Gasteiger charge is -2.21. The summed E-state index contributed by atoms with van der Waals surface area (Å²) in [6.07, 6.45) is 4.70. The molecule has 2 N–H and O–H groups in total. The van der Waals surface area contributed by atoms with E-state index in [1.165, 1.54) is 18.4 Å². The van der Waals surface area contributed by atoms with Crippen molar-refractivity contribution in [3.8, 4) is 0 Å². The Morgan fingerprint density at radius 1 is 1.29 bits per heavy atom. The minimum atomic E-state index is -0.0108. The van der Waals surface area contributed by atoms with Crippen molar-refractivity contribution in [3.63, 3.8) is 0 Å². The van der Waals surface area contributed by atoms with Gasteiger partial charge < -0.3 is 10.6 Å². The van der Waals surface area contributed by atoms with E-state index in [-0.39, 0.29) is 5.91 Å². The number of hydrogen-bond acceptors (Lipinski definition) is 3. The number of carbonyl (C=O) groups is 1. The third-order valence-corrected chi connectivity index (χ3v) is 4.79. The number of aromatic nitrogens is 2. The quantitative estimate of drug-likeness (QED) is 0.858. The molecular formula is C19H26N4O. The number of hydrogen-bond donors (Lipinski definition) is 2. The molecule has 128 valence electrons. The number of benzene rings is 1. The summed E-state index contributed by atoms with van der Waals surface area (Å²) in [4.78, 5) is 12.2. The summed E-state index contributed by atoms with van der Waals surface area (Å²) in [5.41, 5.74) is 2.28. The van der Waals surface area contributed by atoms with E-state index in [0.717, 1.165) is 24.4 Å². The lowest BCUT2D eigenvalue weighted by Crippen LogP contribution is -2.39. The molecule has 5 nitrogen and oxygen atoms in total. The maximum atomic E-state index is 12.2. The van der Waals surface area contributed by atoms with E-state index in [1.807, 2.05) is 20.0 Å². The van der Waals surface area contributed by atoms with Crippen LogP contribution in [-0.4, -0.2) is 28.3 Å². The average molecular weight is 326 g/mol. The van der Waals surface area contributed by atoms with Gasteiger partial charge in [0.15, 0.2) is 0 Å². The largest absolute Gasteiger partial charge is 0.310 e. The Labute approximate surface area is 143 Å². The number of nitrogens with one attached hydrogen (secondary N) is 2. The second-order valence-corrected chi connectivity index (χ2v) is 6.71. The van der Waals surface area contributed by atoms with Crippen molar-refractivity contribution in [1.29, 1.82) is 0 Å². The standard InChI is InChI=1S/C19H26N4O/c1-14-11-18(23(2)22-14)21-19(24)13-20-17-10-6-9-16(17)12-15-7-4-3-5-8-15/h3-5,7-8,11,16-17,20H,6,9-10,12-13H2,1-2H3,(H,21,24)/t16-,17-/m0/s1. The van der Waals surface area contributed by atoms with Crippen LogP contribution < -0.4 is 10.6 Å². The zero-order valence-corrected chi connectivity index (χ0v) is 14.5. The summed E-state index contributed by atoms with van der Waals surface area (Å²) in [6.45, 7) is 2.26. The van der Waals surface area contributed by atoms with Crippen molar-refractivity contribution in [3.05, 3.63) is 47.7 Å². The van der Waals surface area contributed by atoms with E-state index in [0.29, 0.717) is 18.5 Å². The van der Waals surface area contributed by atoms with Gasteiger partial charge in [-0.15, -0.1) is 0 Å². The highest BCUT2D eigenvalue weighted by molar-refractivity contribution is 5.91. The summed E-state index contributed by atoms with van der Waals surface area (Å²) >= 11 is 0. The van der Waals surface area contributed by atoms with Gasteiger partial charge in [0, 0.05) is 19.2 Å². The second kappa shape index (κ2) is 7.62. The molecule has 1 aliphatic carbocycles. The molecule has 0 unspecified atom stereocenters. The molecule has 1 heterocycles. The van der Waals surface area contributed by atoms with Gasteiger partial charge in [-0.05, 0) is 37.7 Å². The first-order valence-electron chi connectivity index (χ1n) is 8.69. The number of nitrogens with zero attached hydrogens (tertiary/aromatic N) is 2. The minimum absolute atomic E-state index is 0.0108. The Hall–Kier alpha value is -2.14. The van der Waals surface area contributed by atoms with Crippen LogP contribution in [0.4, 0.5) is 5.82 Å². The number of aryl methyl sites for hydroxylation is 2. The Morgan fingerprint density at radius 3 is 2.79 bits per heavy atom. The van der Waals surface area contributed by atoms with E-state index in [1.54, 1.807) is 4.68 Å². The molecule has 2 atom stereocenters. The van der Waals surface area contributed by atoms with E-state index >= 15 is 0 Å². The fraction of sp³-hybridized carbons (Fsp3) is 0.474. The highest BCUT2D eigenvalue weighted by atomic mass is 16.2. The van der Waals surface area contributed by atoms with Gasteiger partial charge in [0.1, 0.15) is 5.82 Å². The summed E-state index contributed by atoms with van der Waals surface area (Å²) in [6, 6.07) is 12.9. The molecule has 1 saturated carbocycles. The normalized spacial score (nSPS) is 20.2. The zero-order valence-electron chi connectivity index (χ0n) is 14.5. The van der Waals surface area contributed by atoms with Gasteiger partial charge in [-0.3, -0.25) is 9.48 Å². The van der Waals surface area contributed by atoms with Crippen LogP contribution in [0.5, 0.6) is 0 Å². The fourth-order valence-corrected chi connectivity index (χ4v) is 3.61. The van der Waals surface area contributed by atoms with E-state index in [4.69, 9.17) is 0 Å². The maximum Gasteiger partial charge on any atom is 0.239 e. The molecular weight excluding hydrogens is 300 g/mol. The van der Waals surface area contributed by atoms with Gasteiger partial charge in [0.2, 0.25) is 5.91 Å². The predicted molar refractivity (Wildman–Crippen MR) is 95.9 cm³/mol. The van der Waals surface area contributed by atoms with E-state index in [9.17, 15) is 4.79 Å². The molecule has 0 saturated heterocycles. The summed E-state index contributed by atoms with van der Waals surface area (Å²) in [5.74, 6) is 1.34. The number of amides is 1. The third-order valence-electron chi connectivity index (χ3n) is 4.79. The summed E-state index contributed by atoms with van der Waals surface area (Å²) in [7, 11) is 1.84. The van der Waals surface area contributed by atoms with Gasteiger partial charge in [-0.2, -0.15) is 5.10 Å². The van der Waals surface area contributed by atoms with Crippen LogP contribution in [0.2, 0.25) is 0 Å². The van der Waals surface area contributed by atoms with Gasteiger partial charge in [0.25, 0.3) is 0 Å². The molecule has 5 heteroatoms. The van der Waals surface area contributed by atoms with Crippen LogP contribution in [-0.2, 0) is 18.3 Å². The van der Waals surface area contributed by atoms with Crippen molar-refractivity contribution in [1.82, 2.24) is 15.1 Å². The van der Waals surface area contributed by atoms with Crippen molar-refractivity contribution >= 4 is 11.7 Å². The first kappa shape index (κ1) is 16.7. The Morgan fingerprint density at radius 2 is 2.08 bits per heavy atom. The van der Waals surface area contributed by atoms with Crippen molar-refractivity contribution in [2.24, 2.45) is 13.0 Å². The van der Waals surface area contributed by atoms with Crippen LogP contribution in [0.1, 0.15) is 30.5 Å². The summed E-state index contributed by atoms with van der Waals surface area (Å²) < 4.78 is 1.70. The van der Waals surface area contributed by atoms with Crippen LogP contribution >= 0.6 is 0 Å². The highest BCUT2D eigenvalue weighted by Gasteiger charge is 2.27. The highest BCUT2D eigenvalue weighted by Crippen LogP contribution is 2.28. The van der Waals surface area contributed by atoms with Crippen LogP contribution in [0.15, 0.2) is 36.4 Å². The van der Waals surface area contributed by atoms with Crippen molar-refractivity contribution in [2.75, 3.05) is 11.9 Å². The second-order valence-electron chi connectivity index (χ2n) is 6.71. The molecule has 1 aromatic carbocycles. The molecule has 24 heavy (non-hydrogen) atoms. The van der Waals surface area contributed by atoms with E-state index < -0.39 is 0 Å². The molecule has 0 bridgehead atoms. The molecule has 2 aromatic rings. The average Bonchev–Trinajstić information content (AvgIpc) is 3.12. The summed E-state index contributed by atoms with van der Waals surface area (Å²) in [5, 5.41) is 10.6. The SMILES string of the molecule is Cc1cc(NC(=O)CN[C@H]2CCC[C@H]2Cc2ccccc2)n(C)n1. The van der Waals surface area contributed by atoms with Crippen molar-refractivity contribution in [2.45, 2.75) is 38.6 Å². The lowest BCUT2D eigenvalue weighted by atomic mass is 9.94. The fourth-order valence-electron chi connectivity index (χ4n) is 3.61. The van der Waals surface area contributed by atoms with Crippen molar-refractivity contribution < 1.29 is 4.79 Å². The Bertz CT molecular complexity index is 680. The van der Waals surface area contributed by atoms with Gasteiger partial charge >= 0.3 is 0 Å². The van der Waals surface area contributed by atoms with Crippen LogP contribution in [0.3, 0.4) is 0 Å². The maximum absolute atomic E-state index is 12.2. The molecule has 1 fully saturated rings. The first-order chi connectivity index (χ1) is 11.6. The molecule has 1 amide bonds. The predicted octanol–water partition coefficient (Wildman–Crippen LogP) is 2.67. The smallest absolute Gasteiger partial charge is 0.239 e. The molecule has 0 radical (unpaired) electrons. The molecule has 1 aromatic heterocycles. The third kappa shape index (κ3) is 4.23. The van der Waals surface area contributed by atoms with Gasteiger partial charge in [0.05, 0.1) is 12.2 Å². The molecule has 0 spiro atoms. The number of rotatable bonds is 6. The van der Waals surface area contributed by atoms with Crippen LogP contribution in [0.25, 0.3) is 0 Å². The van der Waals surface area contributed by atoms with Gasteiger partial charge in [-0.25, -0.2) is 0 Å². The number of anilines is 1. The molecule has 3 rings (SSSR count). The zero-order chi connectivity index (χ0) is 16.9. The topological polar surface area (TPSA) is 59.0 Å². The minimum Gasteiger partial charge on any atom is -0.310 e. The van der Waals surface area contributed by atoms with E-state index in [2.05, 4.69) is 46.1 Å². The lowest BCUT2D eigenvalue weighted by molar-refractivity contribution is -0.115. The van der Waals surface area contributed by atoms with Gasteiger partial charge in [-0.1, -0.05) is 36.8 Å². The first-order valence-corrected chi connectivity index (χ1v) is 8.69. The van der Waals surface area contributed by atoms with Crippen LogP contribution in [0, 0.1) is 12.8 Å². The monoisotopic (exact) mass is 326 g/mol. The Balaban J connectivity index is 1.50. The Kier molecular flexibility index (Phi) is 5.30. The number of carbonyl (C=O) groups excluding carboxylic acids is 1. The molecule has 0 aliphatic heterocycles. The molecule has 1 aliphatic rings.